The minimum absolute atomic E-state index is 0.185. The molecule has 0 bridgehead atoms. The Kier molecular flexibility index (Phi) is 11.8. The summed E-state index contributed by atoms with van der Waals surface area (Å²) in [5.74, 6) is -0.125. The Bertz CT molecular complexity index is 1380. The summed E-state index contributed by atoms with van der Waals surface area (Å²) >= 11 is 0. The van der Waals surface area contributed by atoms with E-state index in [1.807, 2.05) is 75.4 Å². The molecule has 3 aromatic rings. The number of anilines is 1. The van der Waals surface area contributed by atoms with E-state index in [9.17, 15) is 18.0 Å². The van der Waals surface area contributed by atoms with Crippen LogP contribution in [0.1, 0.15) is 49.8 Å². The number of hydrogen-bond donors (Lipinski definition) is 1. The van der Waals surface area contributed by atoms with Gasteiger partial charge in [-0.25, -0.2) is 8.42 Å². The molecule has 0 radical (unpaired) electrons. The first-order valence-electron chi connectivity index (χ1n) is 14.0. The summed E-state index contributed by atoms with van der Waals surface area (Å²) in [6, 6.07) is 23.3. The van der Waals surface area contributed by atoms with Gasteiger partial charge in [-0.3, -0.25) is 13.9 Å². The Morgan fingerprint density at radius 2 is 1.61 bits per heavy atom. The van der Waals surface area contributed by atoms with Crippen molar-refractivity contribution in [3.8, 4) is 5.75 Å². The lowest BCUT2D eigenvalue weighted by molar-refractivity contribution is -0.140. The smallest absolute Gasteiger partial charge is 0.244 e. The maximum Gasteiger partial charge on any atom is 0.244 e. The third kappa shape index (κ3) is 9.63. The first kappa shape index (κ1) is 31.7. The maximum atomic E-state index is 13.8. The van der Waals surface area contributed by atoms with Gasteiger partial charge in [-0.15, -0.1) is 0 Å². The quantitative estimate of drug-likeness (QED) is 0.254. The SMILES string of the molecule is CCCCNC(=O)[C@@H](CC)N(Cc1cccc(C)c1)C(=O)CN(c1ccc(OCc2ccccc2)cc1)S(C)(=O)=O. The fraction of sp³-hybridized carbons (Fsp3) is 0.375. The van der Waals surface area contributed by atoms with Gasteiger partial charge in [0.2, 0.25) is 21.8 Å². The number of amides is 2. The molecule has 2 amide bonds. The lowest BCUT2D eigenvalue weighted by Gasteiger charge is -2.33. The molecule has 0 spiro atoms. The highest BCUT2D eigenvalue weighted by molar-refractivity contribution is 7.92. The molecule has 0 unspecified atom stereocenters. The molecule has 3 aromatic carbocycles. The highest BCUT2D eigenvalue weighted by Crippen LogP contribution is 2.23. The normalized spacial score (nSPS) is 11.9. The highest BCUT2D eigenvalue weighted by Gasteiger charge is 2.31. The second-order valence-corrected chi connectivity index (χ2v) is 12.0. The van der Waals surface area contributed by atoms with Crippen LogP contribution in [0.2, 0.25) is 0 Å². The van der Waals surface area contributed by atoms with E-state index in [0.717, 1.165) is 40.1 Å². The van der Waals surface area contributed by atoms with Crippen molar-refractivity contribution in [1.82, 2.24) is 10.2 Å². The molecule has 0 fully saturated rings. The number of sulfonamides is 1. The lowest BCUT2D eigenvalue weighted by Crippen LogP contribution is -2.52. The zero-order chi connectivity index (χ0) is 29.8. The van der Waals surface area contributed by atoms with Gasteiger partial charge in [-0.1, -0.05) is 80.4 Å². The monoisotopic (exact) mass is 579 g/mol. The summed E-state index contributed by atoms with van der Waals surface area (Å²) in [5.41, 5.74) is 3.24. The van der Waals surface area contributed by atoms with Crippen molar-refractivity contribution in [1.29, 1.82) is 0 Å². The van der Waals surface area contributed by atoms with Crippen molar-refractivity contribution in [2.45, 2.75) is 59.2 Å². The third-order valence-corrected chi connectivity index (χ3v) is 7.84. The Labute approximate surface area is 244 Å². The molecule has 41 heavy (non-hydrogen) atoms. The van der Waals surface area contributed by atoms with Crippen LogP contribution in [-0.4, -0.2) is 50.5 Å². The van der Waals surface area contributed by atoms with Crippen LogP contribution in [0.25, 0.3) is 0 Å². The predicted molar refractivity (Wildman–Crippen MR) is 163 cm³/mol. The van der Waals surface area contributed by atoms with Crippen LogP contribution in [0.4, 0.5) is 5.69 Å². The second kappa shape index (κ2) is 15.2. The molecule has 8 nitrogen and oxygen atoms in total. The molecule has 0 aliphatic heterocycles. The van der Waals surface area contributed by atoms with Gasteiger partial charge in [0.25, 0.3) is 0 Å². The van der Waals surface area contributed by atoms with Crippen molar-refractivity contribution >= 4 is 27.5 Å². The summed E-state index contributed by atoms with van der Waals surface area (Å²) in [6.45, 7) is 6.50. The standard InChI is InChI=1S/C32H41N3O5S/c1-5-7-20-33-32(37)30(6-2)34(22-27-15-11-12-25(3)21-27)31(36)23-35(41(4,38)39)28-16-18-29(19-17-28)40-24-26-13-9-8-10-14-26/h8-19,21,30H,5-7,20,22-24H2,1-4H3,(H,33,37)/t30-/m1/s1. The fourth-order valence-corrected chi connectivity index (χ4v) is 5.35. The average Bonchev–Trinajstić information content (AvgIpc) is 2.95. The van der Waals surface area contributed by atoms with Gasteiger partial charge >= 0.3 is 0 Å². The first-order chi connectivity index (χ1) is 19.6. The number of carbonyl (C=O) groups excluding carboxylic acids is 2. The third-order valence-electron chi connectivity index (χ3n) is 6.70. The summed E-state index contributed by atoms with van der Waals surface area (Å²) in [5, 5.41) is 2.93. The van der Waals surface area contributed by atoms with Crippen molar-refractivity contribution in [2.24, 2.45) is 0 Å². The topological polar surface area (TPSA) is 96.0 Å². The van der Waals surface area contributed by atoms with E-state index in [-0.39, 0.29) is 12.5 Å². The first-order valence-corrected chi connectivity index (χ1v) is 15.8. The van der Waals surface area contributed by atoms with E-state index in [0.29, 0.717) is 31.0 Å². The molecule has 1 atom stereocenters. The lowest BCUT2D eigenvalue weighted by atomic mass is 10.1. The van der Waals surface area contributed by atoms with Gasteiger partial charge in [0.1, 0.15) is 24.9 Å². The molecule has 1 N–H and O–H groups in total. The van der Waals surface area contributed by atoms with Crippen LogP contribution in [-0.2, 0) is 32.8 Å². The van der Waals surface area contributed by atoms with Crippen LogP contribution >= 0.6 is 0 Å². The molecule has 3 rings (SSSR count). The van der Waals surface area contributed by atoms with Crippen molar-refractivity contribution in [2.75, 3.05) is 23.7 Å². The molecular weight excluding hydrogens is 538 g/mol. The molecule has 0 saturated heterocycles. The van der Waals surface area contributed by atoms with Gasteiger partial charge in [-0.2, -0.15) is 0 Å². The van der Waals surface area contributed by atoms with E-state index < -0.39 is 28.5 Å². The molecule has 0 heterocycles. The average molecular weight is 580 g/mol. The fourth-order valence-electron chi connectivity index (χ4n) is 4.50. The van der Waals surface area contributed by atoms with Crippen LogP contribution in [0.3, 0.4) is 0 Å². The maximum absolute atomic E-state index is 13.8. The number of nitrogens with zero attached hydrogens (tertiary/aromatic N) is 2. The number of hydrogen-bond acceptors (Lipinski definition) is 5. The molecule has 0 aromatic heterocycles. The summed E-state index contributed by atoms with van der Waals surface area (Å²) in [4.78, 5) is 28.5. The Morgan fingerprint density at radius 3 is 2.22 bits per heavy atom. The van der Waals surface area contributed by atoms with Gasteiger partial charge < -0.3 is 15.0 Å². The van der Waals surface area contributed by atoms with Crippen molar-refractivity contribution < 1.29 is 22.7 Å². The number of aryl methyl sites for hydroxylation is 1. The number of ether oxygens (including phenoxy) is 1. The second-order valence-electron chi connectivity index (χ2n) is 10.1. The largest absolute Gasteiger partial charge is 0.489 e. The molecule has 9 heteroatoms. The number of unbranched alkanes of at least 4 members (excludes halogenated alkanes) is 1. The Morgan fingerprint density at radius 1 is 0.927 bits per heavy atom. The summed E-state index contributed by atoms with van der Waals surface area (Å²) < 4.78 is 32.7. The zero-order valence-electron chi connectivity index (χ0n) is 24.4. The number of rotatable bonds is 15. The molecule has 0 aliphatic carbocycles. The van der Waals surface area contributed by atoms with E-state index >= 15 is 0 Å². The van der Waals surface area contributed by atoms with Gasteiger partial charge in [-0.05, 0) is 55.2 Å². The Hall–Kier alpha value is -3.85. The van der Waals surface area contributed by atoms with E-state index in [4.69, 9.17) is 4.74 Å². The van der Waals surface area contributed by atoms with E-state index in [2.05, 4.69) is 5.32 Å². The molecule has 0 saturated carbocycles. The minimum atomic E-state index is -3.82. The van der Waals surface area contributed by atoms with Gasteiger partial charge in [0.15, 0.2) is 0 Å². The summed E-state index contributed by atoms with van der Waals surface area (Å²) in [6.07, 6.45) is 3.23. The predicted octanol–water partition coefficient (Wildman–Crippen LogP) is 5.06. The van der Waals surface area contributed by atoms with E-state index in [1.165, 1.54) is 4.90 Å². The highest BCUT2D eigenvalue weighted by atomic mass is 32.2. The van der Waals surface area contributed by atoms with E-state index in [1.54, 1.807) is 24.3 Å². The van der Waals surface area contributed by atoms with Crippen LogP contribution in [0.5, 0.6) is 5.75 Å². The summed E-state index contributed by atoms with van der Waals surface area (Å²) in [7, 11) is -3.82. The van der Waals surface area contributed by atoms with Crippen LogP contribution in [0, 0.1) is 6.92 Å². The van der Waals surface area contributed by atoms with Crippen LogP contribution in [0.15, 0.2) is 78.9 Å². The van der Waals surface area contributed by atoms with Crippen molar-refractivity contribution in [3.05, 3.63) is 95.6 Å². The van der Waals surface area contributed by atoms with Crippen molar-refractivity contribution in [3.63, 3.8) is 0 Å². The van der Waals surface area contributed by atoms with Gasteiger partial charge in [0, 0.05) is 13.1 Å². The molecule has 220 valence electrons. The zero-order valence-corrected chi connectivity index (χ0v) is 25.2. The molecule has 0 aliphatic rings. The molecular formula is C32H41N3O5S. The number of nitrogens with one attached hydrogen (secondary N) is 1. The van der Waals surface area contributed by atoms with Gasteiger partial charge in [0.05, 0.1) is 11.9 Å². The Balaban J connectivity index is 1.83. The van der Waals surface area contributed by atoms with Crippen LogP contribution < -0.4 is 14.4 Å². The number of benzene rings is 3. The number of carbonyl (C=O) groups is 2. The minimum Gasteiger partial charge on any atom is -0.489 e.